The van der Waals surface area contributed by atoms with Gasteiger partial charge in [0.25, 0.3) is 0 Å². The van der Waals surface area contributed by atoms with E-state index in [9.17, 15) is 0 Å². The van der Waals surface area contributed by atoms with Crippen LogP contribution in [-0.4, -0.2) is 17.4 Å². The second-order valence-electron chi connectivity index (χ2n) is 2.86. The lowest BCUT2D eigenvalue weighted by atomic mass is 10.0. The molecule has 0 atom stereocenters. The first kappa shape index (κ1) is 8.54. The first-order valence-electron chi connectivity index (χ1n) is 3.92. The summed E-state index contributed by atoms with van der Waals surface area (Å²) in [6.45, 7) is 0.251. The summed E-state index contributed by atoms with van der Waals surface area (Å²) in [4.78, 5) is 0. The summed E-state index contributed by atoms with van der Waals surface area (Å²) in [6.07, 6.45) is 8.64. The van der Waals surface area contributed by atoms with Crippen molar-refractivity contribution in [2.24, 2.45) is 0 Å². The minimum Gasteiger partial charge on any atom is -0.396 e. The molecule has 62 valence electrons. The van der Waals surface area contributed by atoms with Crippen LogP contribution < -0.4 is 10.9 Å². The largest absolute Gasteiger partial charge is 0.396 e. The van der Waals surface area contributed by atoms with Gasteiger partial charge in [-0.2, -0.15) is 0 Å². The molecule has 0 aromatic rings. The van der Waals surface area contributed by atoms with Gasteiger partial charge in [0.05, 0.1) is 5.66 Å². The minimum atomic E-state index is 0.0507. The zero-order valence-electron chi connectivity index (χ0n) is 6.56. The molecule has 11 heavy (non-hydrogen) atoms. The van der Waals surface area contributed by atoms with E-state index in [0.717, 1.165) is 25.7 Å². The Morgan fingerprint density at radius 2 is 2.09 bits per heavy atom. The molecule has 0 unspecified atom stereocenters. The fourth-order valence-corrected chi connectivity index (χ4v) is 1.13. The SMILES string of the molecule is C#CCCC1(CCCO)NN1. The van der Waals surface area contributed by atoms with Crippen molar-refractivity contribution in [3.8, 4) is 12.3 Å². The summed E-state index contributed by atoms with van der Waals surface area (Å²) >= 11 is 0. The number of aliphatic hydroxyl groups excluding tert-OH is 1. The third-order valence-corrected chi connectivity index (χ3v) is 1.94. The summed E-state index contributed by atoms with van der Waals surface area (Å²) in [5.74, 6) is 2.60. The van der Waals surface area contributed by atoms with Crippen molar-refractivity contribution in [2.75, 3.05) is 6.61 Å². The molecule has 3 nitrogen and oxygen atoms in total. The molecule has 1 rings (SSSR count). The Balaban J connectivity index is 2.14. The van der Waals surface area contributed by atoms with E-state index in [-0.39, 0.29) is 12.3 Å². The van der Waals surface area contributed by atoms with E-state index in [1.165, 1.54) is 0 Å². The quantitative estimate of drug-likeness (QED) is 0.385. The normalized spacial score (nSPS) is 19.3. The van der Waals surface area contributed by atoms with Crippen LogP contribution in [-0.2, 0) is 0 Å². The average Bonchev–Trinajstić information content (AvgIpc) is 2.79. The molecule has 0 bridgehead atoms. The minimum absolute atomic E-state index is 0.0507. The van der Waals surface area contributed by atoms with Gasteiger partial charge in [-0.3, -0.25) is 0 Å². The highest BCUT2D eigenvalue weighted by Gasteiger charge is 2.39. The van der Waals surface area contributed by atoms with Crippen molar-refractivity contribution in [1.82, 2.24) is 10.9 Å². The monoisotopic (exact) mass is 154 g/mol. The van der Waals surface area contributed by atoms with Gasteiger partial charge in [-0.1, -0.05) is 0 Å². The van der Waals surface area contributed by atoms with Crippen LogP contribution in [0.3, 0.4) is 0 Å². The van der Waals surface area contributed by atoms with Crippen LogP contribution in [0.4, 0.5) is 0 Å². The lowest BCUT2D eigenvalue weighted by Gasteiger charge is -2.07. The molecule has 1 saturated heterocycles. The van der Waals surface area contributed by atoms with Gasteiger partial charge < -0.3 is 5.11 Å². The van der Waals surface area contributed by atoms with E-state index in [1.54, 1.807) is 0 Å². The molecular weight excluding hydrogens is 140 g/mol. The second kappa shape index (κ2) is 3.72. The maximum atomic E-state index is 8.59. The fourth-order valence-electron chi connectivity index (χ4n) is 1.13. The summed E-state index contributed by atoms with van der Waals surface area (Å²) in [7, 11) is 0. The zero-order chi connectivity index (χ0) is 8.16. The van der Waals surface area contributed by atoms with Crippen molar-refractivity contribution >= 4 is 0 Å². The molecule has 0 radical (unpaired) electrons. The Morgan fingerprint density at radius 3 is 2.55 bits per heavy atom. The van der Waals surface area contributed by atoms with Gasteiger partial charge >= 0.3 is 0 Å². The lowest BCUT2D eigenvalue weighted by molar-refractivity contribution is 0.274. The van der Waals surface area contributed by atoms with Gasteiger partial charge in [-0.25, -0.2) is 10.9 Å². The molecule has 1 aliphatic heterocycles. The smallest absolute Gasteiger partial charge is 0.0953 e. The number of nitrogens with one attached hydrogen (secondary N) is 2. The molecule has 0 aliphatic carbocycles. The van der Waals surface area contributed by atoms with Crippen LogP contribution in [0.15, 0.2) is 0 Å². The number of hydrogen-bond acceptors (Lipinski definition) is 3. The molecule has 0 aromatic carbocycles. The van der Waals surface area contributed by atoms with E-state index in [0.29, 0.717) is 0 Å². The van der Waals surface area contributed by atoms with Crippen molar-refractivity contribution in [3.63, 3.8) is 0 Å². The topological polar surface area (TPSA) is 64.1 Å². The van der Waals surface area contributed by atoms with E-state index < -0.39 is 0 Å². The zero-order valence-corrected chi connectivity index (χ0v) is 6.56. The number of aliphatic hydroxyl groups is 1. The summed E-state index contributed by atoms with van der Waals surface area (Å²) in [5.41, 5.74) is 6.17. The van der Waals surface area contributed by atoms with Gasteiger partial charge in [0.15, 0.2) is 0 Å². The van der Waals surface area contributed by atoms with Crippen LogP contribution in [0.2, 0.25) is 0 Å². The molecule has 0 spiro atoms. The maximum absolute atomic E-state index is 8.59. The van der Waals surface area contributed by atoms with E-state index in [2.05, 4.69) is 16.8 Å². The van der Waals surface area contributed by atoms with Crippen LogP contribution in [0, 0.1) is 12.3 Å². The highest BCUT2D eigenvalue weighted by Crippen LogP contribution is 2.22. The number of terminal acetylenes is 1. The number of hydrogen-bond donors (Lipinski definition) is 3. The number of hydrazine groups is 1. The predicted octanol–water partition coefficient (Wildman–Crippen LogP) is -0.0236. The van der Waals surface area contributed by atoms with Gasteiger partial charge in [-0.05, 0) is 19.3 Å². The van der Waals surface area contributed by atoms with E-state index in [4.69, 9.17) is 11.5 Å². The van der Waals surface area contributed by atoms with Crippen molar-refractivity contribution in [1.29, 1.82) is 0 Å². The average molecular weight is 154 g/mol. The van der Waals surface area contributed by atoms with Gasteiger partial charge in [-0.15, -0.1) is 12.3 Å². The molecule has 1 heterocycles. The van der Waals surface area contributed by atoms with Crippen LogP contribution >= 0.6 is 0 Å². The molecule has 0 aromatic heterocycles. The second-order valence-corrected chi connectivity index (χ2v) is 2.86. The highest BCUT2D eigenvalue weighted by molar-refractivity contribution is 4.98. The Labute approximate surface area is 67.2 Å². The summed E-state index contributed by atoms with van der Waals surface area (Å²) < 4.78 is 0. The first-order valence-corrected chi connectivity index (χ1v) is 3.92. The van der Waals surface area contributed by atoms with E-state index >= 15 is 0 Å². The Hall–Kier alpha value is -0.560. The van der Waals surface area contributed by atoms with Crippen molar-refractivity contribution in [3.05, 3.63) is 0 Å². The lowest BCUT2D eigenvalue weighted by Crippen LogP contribution is -2.17. The van der Waals surface area contributed by atoms with Gasteiger partial charge in [0.2, 0.25) is 0 Å². The molecular formula is C8H14N2O. The van der Waals surface area contributed by atoms with E-state index in [1.807, 2.05) is 0 Å². The maximum Gasteiger partial charge on any atom is 0.0953 e. The molecule has 1 aliphatic rings. The molecule has 0 saturated carbocycles. The number of rotatable bonds is 5. The molecule has 1 fully saturated rings. The standard InChI is InChI=1S/C8H14N2O/c1-2-3-5-8(9-10-8)6-4-7-11/h1,9-11H,3-7H2. The predicted molar refractivity (Wildman–Crippen MR) is 43.4 cm³/mol. The third kappa shape index (κ3) is 2.51. The van der Waals surface area contributed by atoms with Gasteiger partial charge in [0.1, 0.15) is 0 Å². The van der Waals surface area contributed by atoms with Crippen LogP contribution in [0.25, 0.3) is 0 Å². The van der Waals surface area contributed by atoms with Crippen LogP contribution in [0.1, 0.15) is 25.7 Å². The van der Waals surface area contributed by atoms with Crippen molar-refractivity contribution in [2.45, 2.75) is 31.3 Å². The third-order valence-electron chi connectivity index (χ3n) is 1.94. The van der Waals surface area contributed by atoms with Crippen molar-refractivity contribution < 1.29 is 5.11 Å². The molecule has 0 amide bonds. The molecule has 3 N–H and O–H groups in total. The Kier molecular flexibility index (Phi) is 2.89. The molecule has 3 heteroatoms. The highest BCUT2D eigenvalue weighted by atomic mass is 16.3. The Bertz CT molecular complexity index is 158. The van der Waals surface area contributed by atoms with Gasteiger partial charge in [0, 0.05) is 13.0 Å². The first-order chi connectivity index (χ1) is 5.33. The van der Waals surface area contributed by atoms with Crippen LogP contribution in [0.5, 0.6) is 0 Å². The fraction of sp³-hybridized carbons (Fsp3) is 0.750. The summed E-state index contributed by atoms with van der Waals surface area (Å²) in [5, 5.41) is 8.59. The Morgan fingerprint density at radius 1 is 1.36 bits per heavy atom. The summed E-state index contributed by atoms with van der Waals surface area (Å²) in [6, 6.07) is 0.